The average Bonchev–Trinajstić information content (AvgIpc) is 2.71. The van der Waals surface area contributed by atoms with E-state index in [4.69, 9.17) is 9.15 Å². The molecule has 0 atom stereocenters. The summed E-state index contributed by atoms with van der Waals surface area (Å²) in [6.07, 6.45) is 0.804. The number of hydrogen-bond acceptors (Lipinski definition) is 3. The molecule has 1 aromatic rings. The second kappa shape index (κ2) is 4.29. The first-order valence-electron chi connectivity index (χ1n) is 5.58. The lowest BCUT2D eigenvalue weighted by Gasteiger charge is -2.37. The van der Waals surface area contributed by atoms with E-state index in [1.807, 2.05) is 13.0 Å². The third-order valence-electron chi connectivity index (χ3n) is 2.81. The Morgan fingerprint density at radius 1 is 1.50 bits per heavy atom. The van der Waals surface area contributed by atoms with Gasteiger partial charge >= 0.3 is 0 Å². The Labute approximate surface area is 95.0 Å². The van der Waals surface area contributed by atoms with Crippen LogP contribution in [0.4, 0.5) is 0 Å². The van der Waals surface area contributed by atoms with Gasteiger partial charge in [0.05, 0.1) is 13.2 Å². The Kier molecular flexibility index (Phi) is 3.01. The summed E-state index contributed by atoms with van der Waals surface area (Å²) in [5, 5.41) is 2.87. The zero-order valence-electron chi connectivity index (χ0n) is 9.71. The van der Waals surface area contributed by atoms with E-state index in [2.05, 4.69) is 12.2 Å². The van der Waals surface area contributed by atoms with Crippen molar-refractivity contribution in [3.8, 4) is 0 Å². The van der Waals surface area contributed by atoms with Gasteiger partial charge in [0.1, 0.15) is 5.76 Å². The van der Waals surface area contributed by atoms with Crippen molar-refractivity contribution in [1.82, 2.24) is 5.32 Å². The number of hydrogen-bond donors (Lipinski definition) is 1. The standard InChI is InChI=1S/C12H17NO3/c1-3-9-4-5-10(16-9)11(14)13-6-12(2)7-15-8-12/h4-5H,3,6-8H2,1-2H3,(H,13,14). The number of ether oxygens (including phenoxy) is 1. The molecule has 0 radical (unpaired) electrons. The van der Waals surface area contributed by atoms with Crippen molar-refractivity contribution in [2.24, 2.45) is 5.41 Å². The van der Waals surface area contributed by atoms with Crippen molar-refractivity contribution < 1.29 is 13.9 Å². The van der Waals surface area contributed by atoms with Crippen LogP contribution in [0.3, 0.4) is 0 Å². The van der Waals surface area contributed by atoms with Gasteiger partial charge in [-0.1, -0.05) is 13.8 Å². The van der Waals surface area contributed by atoms with E-state index in [1.165, 1.54) is 0 Å². The molecule has 0 saturated carbocycles. The van der Waals surface area contributed by atoms with Crippen LogP contribution in [-0.4, -0.2) is 25.7 Å². The molecule has 16 heavy (non-hydrogen) atoms. The highest BCUT2D eigenvalue weighted by Gasteiger charge is 2.33. The van der Waals surface area contributed by atoms with E-state index < -0.39 is 0 Å². The highest BCUT2D eigenvalue weighted by atomic mass is 16.5. The largest absolute Gasteiger partial charge is 0.456 e. The predicted molar refractivity (Wildman–Crippen MR) is 59.3 cm³/mol. The van der Waals surface area contributed by atoms with Gasteiger partial charge in [0, 0.05) is 18.4 Å². The number of aryl methyl sites for hydroxylation is 1. The van der Waals surface area contributed by atoms with Crippen LogP contribution in [0.25, 0.3) is 0 Å². The molecule has 2 heterocycles. The predicted octanol–water partition coefficient (Wildman–Crippen LogP) is 1.61. The first-order valence-corrected chi connectivity index (χ1v) is 5.58. The summed E-state index contributed by atoms with van der Waals surface area (Å²) in [5.74, 6) is 1.08. The molecule has 0 aromatic carbocycles. The summed E-state index contributed by atoms with van der Waals surface area (Å²) in [6, 6.07) is 3.55. The summed E-state index contributed by atoms with van der Waals surface area (Å²) < 4.78 is 10.5. The third-order valence-corrected chi connectivity index (χ3v) is 2.81. The van der Waals surface area contributed by atoms with Crippen LogP contribution >= 0.6 is 0 Å². The van der Waals surface area contributed by atoms with Gasteiger partial charge in [-0.25, -0.2) is 0 Å². The van der Waals surface area contributed by atoms with Crippen LogP contribution < -0.4 is 5.32 Å². The number of carbonyl (C=O) groups excluding carboxylic acids is 1. The van der Waals surface area contributed by atoms with Crippen molar-refractivity contribution in [2.45, 2.75) is 20.3 Å². The Morgan fingerprint density at radius 3 is 2.75 bits per heavy atom. The number of furan rings is 1. The molecule has 88 valence electrons. The van der Waals surface area contributed by atoms with E-state index in [9.17, 15) is 4.79 Å². The van der Waals surface area contributed by atoms with E-state index >= 15 is 0 Å². The van der Waals surface area contributed by atoms with Crippen molar-refractivity contribution in [2.75, 3.05) is 19.8 Å². The number of amides is 1. The summed E-state index contributed by atoms with van der Waals surface area (Å²) in [7, 11) is 0. The molecule has 0 unspecified atom stereocenters. The molecule has 0 bridgehead atoms. The fourth-order valence-corrected chi connectivity index (χ4v) is 1.62. The summed E-state index contributed by atoms with van der Waals surface area (Å²) in [5.41, 5.74) is 0.0931. The first-order chi connectivity index (χ1) is 7.63. The van der Waals surface area contributed by atoms with Crippen LogP contribution in [0.1, 0.15) is 30.2 Å². The lowest BCUT2D eigenvalue weighted by Crippen LogP contribution is -2.48. The summed E-state index contributed by atoms with van der Waals surface area (Å²) >= 11 is 0. The molecule has 0 spiro atoms. The lowest BCUT2D eigenvalue weighted by molar-refractivity contribution is -0.0978. The molecule has 1 saturated heterocycles. The highest BCUT2D eigenvalue weighted by Crippen LogP contribution is 2.25. The molecule has 4 heteroatoms. The third kappa shape index (κ3) is 2.27. The fraction of sp³-hybridized carbons (Fsp3) is 0.583. The van der Waals surface area contributed by atoms with Crippen LogP contribution in [-0.2, 0) is 11.2 Å². The monoisotopic (exact) mass is 223 g/mol. The van der Waals surface area contributed by atoms with Crippen molar-refractivity contribution in [1.29, 1.82) is 0 Å². The van der Waals surface area contributed by atoms with Crippen molar-refractivity contribution in [3.05, 3.63) is 23.7 Å². The normalized spacial score (nSPS) is 17.9. The van der Waals surface area contributed by atoms with Crippen LogP contribution in [0.5, 0.6) is 0 Å². The van der Waals surface area contributed by atoms with Crippen LogP contribution in [0, 0.1) is 5.41 Å². The molecule has 0 aliphatic carbocycles. The maximum Gasteiger partial charge on any atom is 0.287 e. The fourth-order valence-electron chi connectivity index (χ4n) is 1.62. The molecule has 1 aliphatic rings. The maximum atomic E-state index is 11.7. The van der Waals surface area contributed by atoms with Gasteiger partial charge in [0.2, 0.25) is 0 Å². The van der Waals surface area contributed by atoms with Gasteiger partial charge in [0.15, 0.2) is 5.76 Å². The zero-order valence-corrected chi connectivity index (χ0v) is 9.71. The molecular weight excluding hydrogens is 206 g/mol. The quantitative estimate of drug-likeness (QED) is 0.843. The average molecular weight is 223 g/mol. The van der Waals surface area contributed by atoms with E-state index in [0.29, 0.717) is 25.5 Å². The minimum absolute atomic E-state index is 0.0931. The summed E-state index contributed by atoms with van der Waals surface area (Å²) in [6.45, 7) is 6.15. The minimum atomic E-state index is -0.146. The second-order valence-corrected chi connectivity index (χ2v) is 4.61. The van der Waals surface area contributed by atoms with Gasteiger partial charge in [-0.2, -0.15) is 0 Å². The topological polar surface area (TPSA) is 51.5 Å². The lowest BCUT2D eigenvalue weighted by atomic mass is 9.89. The molecule has 4 nitrogen and oxygen atoms in total. The van der Waals surface area contributed by atoms with Gasteiger partial charge in [0.25, 0.3) is 5.91 Å². The molecule has 1 aliphatic heterocycles. The Balaban J connectivity index is 1.87. The van der Waals surface area contributed by atoms with E-state index in [0.717, 1.165) is 12.2 Å². The molecule has 1 amide bonds. The molecule has 2 rings (SSSR count). The smallest absolute Gasteiger partial charge is 0.287 e. The molecule has 1 fully saturated rings. The van der Waals surface area contributed by atoms with Gasteiger partial charge in [-0.05, 0) is 12.1 Å². The molecule has 1 aromatic heterocycles. The Bertz CT molecular complexity index is 379. The minimum Gasteiger partial charge on any atom is -0.456 e. The highest BCUT2D eigenvalue weighted by molar-refractivity contribution is 5.91. The second-order valence-electron chi connectivity index (χ2n) is 4.61. The Morgan fingerprint density at radius 2 is 2.25 bits per heavy atom. The summed E-state index contributed by atoms with van der Waals surface area (Å²) in [4.78, 5) is 11.7. The van der Waals surface area contributed by atoms with Gasteiger partial charge in [-0.3, -0.25) is 4.79 Å². The van der Waals surface area contributed by atoms with Crippen molar-refractivity contribution in [3.63, 3.8) is 0 Å². The van der Waals surface area contributed by atoms with Crippen LogP contribution in [0.2, 0.25) is 0 Å². The van der Waals surface area contributed by atoms with Crippen molar-refractivity contribution >= 4 is 5.91 Å². The zero-order chi connectivity index (χ0) is 11.6. The maximum absolute atomic E-state index is 11.7. The number of nitrogens with one attached hydrogen (secondary N) is 1. The first kappa shape index (κ1) is 11.2. The Hall–Kier alpha value is -1.29. The number of rotatable bonds is 4. The molecule has 1 N–H and O–H groups in total. The van der Waals surface area contributed by atoms with Crippen LogP contribution in [0.15, 0.2) is 16.5 Å². The van der Waals surface area contributed by atoms with Gasteiger partial charge < -0.3 is 14.5 Å². The van der Waals surface area contributed by atoms with E-state index in [-0.39, 0.29) is 11.3 Å². The molecular formula is C12H17NO3. The van der Waals surface area contributed by atoms with E-state index in [1.54, 1.807) is 6.07 Å². The SMILES string of the molecule is CCc1ccc(C(=O)NCC2(C)COC2)o1. The van der Waals surface area contributed by atoms with Gasteiger partial charge in [-0.15, -0.1) is 0 Å². The number of carbonyl (C=O) groups is 1.